The molecule has 0 aromatic heterocycles. The smallest absolute Gasteiger partial charge is 0.176 e. The van der Waals surface area contributed by atoms with Crippen LogP contribution < -0.4 is 16.8 Å². The van der Waals surface area contributed by atoms with Crippen LogP contribution in [0.2, 0.25) is 0 Å². The van der Waals surface area contributed by atoms with Crippen LogP contribution in [-0.4, -0.2) is 15.5 Å². The minimum Gasteiger partial charge on any atom is -0.397 e. The van der Waals surface area contributed by atoms with Crippen LogP contribution in [0.15, 0.2) is 48.6 Å². The highest BCUT2D eigenvalue weighted by Gasteiger charge is 2.18. The second-order valence-corrected chi connectivity index (χ2v) is 7.71. The van der Waals surface area contributed by atoms with Gasteiger partial charge < -0.3 is 11.5 Å². The summed E-state index contributed by atoms with van der Waals surface area (Å²) in [5.74, 6) is -0.517. The molecule has 134 valence electrons. The fraction of sp³-hybridized carbons (Fsp3) is 0.100. The van der Waals surface area contributed by atoms with Gasteiger partial charge in [0.05, 0.1) is 11.4 Å². The van der Waals surface area contributed by atoms with Gasteiger partial charge in [0.25, 0.3) is 0 Å². The van der Waals surface area contributed by atoms with Crippen molar-refractivity contribution in [2.75, 3.05) is 11.5 Å². The zero-order valence-corrected chi connectivity index (χ0v) is 17.6. The molecule has 0 radical (unpaired) electrons. The van der Waals surface area contributed by atoms with Crippen LogP contribution in [0.1, 0.15) is 16.7 Å². The molecule has 2 unspecified atom stereocenters. The first-order valence-electron chi connectivity index (χ1n) is 7.87. The van der Waals surface area contributed by atoms with Gasteiger partial charge in [-0.05, 0) is 53.2 Å². The van der Waals surface area contributed by atoms with Gasteiger partial charge >= 0.3 is 0 Å². The average Bonchev–Trinajstić information content (AvgIpc) is 2.62. The van der Waals surface area contributed by atoms with Crippen molar-refractivity contribution in [1.29, 1.82) is 0 Å². The van der Waals surface area contributed by atoms with E-state index in [1.54, 1.807) is 30.4 Å². The molecule has 4 N–H and O–H groups in total. The number of rotatable bonds is 6. The highest BCUT2D eigenvalue weighted by atomic mass is 127. The van der Waals surface area contributed by atoms with E-state index in [0.29, 0.717) is 11.4 Å². The fourth-order valence-electron chi connectivity index (χ4n) is 2.17. The van der Waals surface area contributed by atoms with E-state index in [2.05, 4.69) is 9.24 Å². The van der Waals surface area contributed by atoms with Crippen LogP contribution in [0.5, 0.6) is 0 Å². The molecule has 0 aliphatic rings. The second-order valence-electron chi connectivity index (χ2n) is 5.84. The van der Waals surface area contributed by atoms with Crippen molar-refractivity contribution in [3.63, 3.8) is 0 Å². The zero-order valence-electron chi connectivity index (χ0n) is 14.3. The van der Waals surface area contributed by atoms with E-state index in [-0.39, 0.29) is 11.6 Å². The third kappa shape index (κ3) is 5.51. The number of nitrogens with two attached hydrogens (primary N) is 2. The molecule has 26 heavy (non-hydrogen) atoms. The molecule has 2 atom stereocenters. The van der Waals surface area contributed by atoms with Gasteiger partial charge in [-0.15, -0.1) is 9.24 Å². The summed E-state index contributed by atoms with van der Waals surface area (Å²) in [6.07, 6.45) is 6.19. The van der Waals surface area contributed by atoms with Crippen molar-refractivity contribution >= 4 is 72.2 Å². The van der Waals surface area contributed by atoms with E-state index in [4.69, 9.17) is 11.5 Å². The van der Waals surface area contributed by atoms with Crippen LogP contribution in [0.4, 0.5) is 11.4 Å². The number of nitrogen functional groups attached to an aromatic ring is 2. The van der Waals surface area contributed by atoms with Gasteiger partial charge in [-0.3, -0.25) is 9.59 Å². The third-order valence-electron chi connectivity index (χ3n) is 3.78. The number of hydrogen-bond acceptors (Lipinski definition) is 4. The van der Waals surface area contributed by atoms with Crippen molar-refractivity contribution in [3.05, 3.63) is 65.2 Å². The normalized spacial score (nSPS) is 12.6. The number of carbonyl (C=O) groups is 2. The summed E-state index contributed by atoms with van der Waals surface area (Å²) in [5.41, 5.74) is 15.1. The number of anilines is 2. The van der Waals surface area contributed by atoms with E-state index in [0.717, 1.165) is 22.0 Å². The summed E-state index contributed by atoms with van der Waals surface area (Å²) < 4.78 is -0.770. The highest BCUT2D eigenvalue weighted by Crippen LogP contribution is 2.17. The molecule has 0 amide bonds. The molecule has 0 saturated carbocycles. The highest BCUT2D eigenvalue weighted by molar-refractivity contribution is 14.1. The number of allylic oxidation sites excluding steroid dienone is 2. The first-order chi connectivity index (χ1) is 12.3. The summed E-state index contributed by atoms with van der Waals surface area (Å²) in [7, 11) is 2.66. The van der Waals surface area contributed by atoms with Crippen LogP contribution >= 0.6 is 31.8 Å². The lowest BCUT2D eigenvalue weighted by Crippen LogP contribution is -2.20. The Balaban J connectivity index is 2.03. The van der Waals surface area contributed by atoms with Gasteiger partial charge in [-0.1, -0.05) is 59.0 Å². The lowest BCUT2D eigenvalue weighted by atomic mass is 10.1. The maximum atomic E-state index is 12.2. The Morgan fingerprint density at radius 1 is 0.962 bits per heavy atom. The standard InChI is InChI=1S/C20H20IN2O2P/c1-12-10-13(5-9-19(12)26)3-7-17(24)20(21)18(25)8-4-14-2-6-15(22)16(23)11-14/h2-11,20H,22-23,26H2,1H3/b7-3+,8-4+. The predicted octanol–water partition coefficient (Wildman–Crippen LogP) is 3.33. The number of carbonyl (C=O) groups excluding carboxylic acids is 2. The van der Waals surface area contributed by atoms with Crippen molar-refractivity contribution in [1.82, 2.24) is 0 Å². The van der Waals surface area contributed by atoms with Crippen molar-refractivity contribution in [2.45, 2.75) is 10.8 Å². The molecule has 0 bridgehead atoms. The Morgan fingerprint density at radius 3 is 2.04 bits per heavy atom. The van der Waals surface area contributed by atoms with Crippen LogP contribution in [0.3, 0.4) is 0 Å². The Bertz CT molecular complexity index is 833. The molecule has 2 rings (SSSR count). The number of aryl methyl sites for hydroxylation is 1. The molecule has 0 aliphatic carbocycles. The molecular weight excluding hydrogens is 458 g/mol. The van der Waals surface area contributed by atoms with Gasteiger partial charge in [0.2, 0.25) is 0 Å². The minimum absolute atomic E-state index is 0.246. The number of halogens is 1. The molecule has 0 aliphatic heterocycles. The van der Waals surface area contributed by atoms with E-state index in [1.807, 2.05) is 47.7 Å². The number of hydrogen-bond donors (Lipinski definition) is 2. The SMILES string of the molecule is Cc1cc(/C=C/C(=O)C(I)C(=O)/C=C/c2ccc(N)c(N)c2)ccc1P. The number of ketones is 2. The summed E-state index contributed by atoms with van der Waals surface area (Å²) in [5, 5.41) is 1.11. The van der Waals surface area contributed by atoms with E-state index in [1.165, 1.54) is 12.2 Å². The Hall–Kier alpha value is -1.98. The van der Waals surface area contributed by atoms with Gasteiger partial charge in [0.15, 0.2) is 11.6 Å². The molecule has 0 saturated heterocycles. The quantitative estimate of drug-likeness (QED) is 0.167. The lowest BCUT2D eigenvalue weighted by Gasteiger charge is -2.03. The molecular formula is C20H20IN2O2P. The van der Waals surface area contributed by atoms with Gasteiger partial charge in [-0.25, -0.2) is 0 Å². The predicted molar refractivity (Wildman–Crippen MR) is 122 cm³/mol. The zero-order chi connectivity index (χ0) is 19.3. The summed E-state index contributed by atoms with van der Waals surface area (Å²) >= 11 is 1.85. The molecule has 6 heteroatoms. The summed E-state index contributed by atoms with van der Waals surface area (Å²) in [6, 6.07) is 11.0. The topological polar surface area (TPSA) is 86.2 Å². The molecule has 2 aromatic carbocycles. The van der Waals surface area contributed by atoms with Gasteiger partial charge in [-0.2, -0.15) is 0 Å². The van der Waals surface area contributed by atoms with E-state index in [9.17, 15) is 9.59 Å². The molecule has 4 nitrogen and oxygen atoms in total. The van der Waals surface area contributed by atoms with Gasteiger partial charge in [0.1, 0.15) is 3.92 Å². The fourth-order valence-corrected chi connectivity index (χ4v) is 2.76. The van der Waals surface area contributed by atoms with E-state index < -0.39 is 3.92 Å². The maximum absolute atomic E-state index is 12.2. The second kappa shape index (κ2) is 9.10. The first kappa shape index (κ1) is 20.3. The van der Waals surface area contributed by atoms with Crippen molar-refractivity contribution < 1.29 is 9.59 Å². The Morgan fingerprint density at radius 2 is 1.50 bits per heavy atom. The first-order valence-corrected chi connectivity index (χ1v) is 9.69. The largest absolute Gasteiger partial charge is 0.397 e. The molecule has 0 heterocycles. The minimum atomic E-state index is -0.770. The van der Waals surface area contributed by atoms with E-state index >= 15 is 0 Å². The van der Waals surface area contributed by atoms with Crippen LogP contribution in [-0.2, 0) is 9.59 Å². The molecule has 0 fully saturated rings. The van der Waals surface area contributed by atoms with Crippen LogP contribution in [0, 0.1) is 6.92 Å². The van der Waals surface area contributed by atoms with Gasteiger partial charge in [0, 0.05) is 0 Å². The average molecular weight is 478 g/mol. The number of alkyl halides is 1. The molecule has 0 spiro atoms. The van der Waals surface area contributed by atoms with Crippen LogP contribution in [0.25, 0.3) is 12.2 Å². The Labute approximate surface area is 169 Å². The Kier molecular flexibility index (Phi) is 7.12. The molecule has 2 aromatic rings. The third-order valence-corrected chi connectivity index (χ3v) is 5.66. The summed E-state index contributed by atoms with van der Waals surface area (Å²) in [6.45, 7) is 2.00. The van der Waals surface area contributed by atoms with Crippen molar-refractivity contribution in [2.24, 2.45) is 0 Å². The maximum Gasteiger partial charge on any atom is 0.176 e. The lowest BCUT2D eigenvalue weighted by molar-refractivity contribution is -0.120. The summed E-state index contributed by atoms with van der Waals surface area (Å²) in [4.78, 5) is 24.4. The number of benzene rings is 2. The van der Waals surface area contributed by atoms with Crippen molar-refractivity contribution in [3.8, 4) is 0 Å². The monoisotopic (exact) mass is 478 g/mol.